The van der Waals surface area contributed by atoms with Crippen LogP contribution in [-0.4, -0.2) is 86.0 Å². The van der Waals surface area contributed by atoms with Crippen LogP contribution in [0.3, 0.4) is 0 Å². The Labute approximate surface area is 202 Å². The number of aliphatic hydroxyl groups is 4. The number of aliphatic hydroxyl groups excluding tert-OH is 4. The van der Waals surface area contributed by atoms with Crippen molar-refractivity contribution in [3.8, 4) is 0 Å². The Morgan fingerprint density at radius 3 is 2.69 bits per heavy atom. The minimum absolute atomic E-state index is 0.192. The van der Waals surface area contributed by atoms with Crippen molar-refractivity contribution in [1.82, 2.24) is 0 Å². The number of ether oxygens (including phenoxy) is 3. The number of esters is 1. The fourth-order valence-corrected chi connectivity index (χ4v) is 8.78. The maximum atomic E-state index is 13.0. The lowest BCUT2D eigenvalue weighted by Gasteiger charge is -2.48. The highest BCUT2D eigenvalue weighted by atomic mass is 16.7. The summed E-state index contributed by atoms with van der Waals surface area (Å²) in [5.74, 6) is -2.90. The molecule has 35 heavy (non-hydrogen) atoms. The number of fused-ring (bicyclic) bond motifs is 1. The monoisotopic (exact) mass is 492 g/mol. The summed E-state index contributed by atoms with van der Waals surface area (Å²) in [6.07, 6.45) is -1.22. The van der Waals surface area contributed by atoms with E-state index in [0.717, 1.165) is 0 Å². The third-order valence-corrected chi connectivity index (χ3v) is 10.1. The highest BCUT2D eigenvalue weighted by Gasteiger charge is 2.82. The Bertz CT molecular complexity index is 1020. The first-order valence-corrected chi connectivity index (χ1v) is 12.3. The van der Waals surface area contributed by atoms with Crippen molar-refractivity contribution < 1.29 is 49.3 Å². The second kappa shape index (κ2) is 7.14. The molecule has 12 atom stereocenters. The Kier molecular flexibility index (Phi) is 4.81. The van der Waals surface area contributed by atoms with Crippen molar-refractivity contribution in [2.45, 2.75) is 80.9 Å². The summed E-state index contributed by atoms with van der Waals surface area (Å²) in [5.41, 5.74) is -2.99. The first-order chi connectivity index (χ1) is 16.5. The number of aliphatic carboxylic acids is 1. The summed E-state index contributed by atoms with van der Waals surface area (Å²) in [5, 5.41) is 51.0. The molecule has 10 heteroatoms. The van der Waals surface area contributed by atoms with Gasteiger partial charge in [0.15, 0.2) is 6.29 Å². The second-order valence-electron chi connectivity index (χ2n) is 11.6. The van der Waals surface area contributed by atoms with E-state index in [2.05, 4.69) is 6.58 Å². The lowest BCUT2D eigenvalue weighted by atomic mass is 9.62. The molecule has 0 amide bonds. The first kappa shape index (κ1) is 23.6. The van der Waals surface area contributed by atoms with E-state index in [9.17, 15) is 35.1 Å². The average molecular weight is 493 g/mol. The Morgan fingerprint density at radius 1 is 1.26 bits per heavy atom. The number of hydrogen-bond acceptors (Lipinski definition) is 9. The van der Waals surface area contributed by atoms with Crippen LogP contribution in [0.1, 0.15) is 39.0 Å². The van der Waals surface area contributed by atoms with Gasteiger partial charge >= 0.3 is 11.9 Å². The van der Waals surface area contributed by atoms with Crippen molar-refractivity contribution in [3.05, 3.63) is 24.3 Å². The number of carboxylic acids is 1. The zero-order valence-corrected chi connectivity index (χ0v) is 19.5. The van der Waals surface area contributed by atoms with Gasteiger partial charge in [-0.25, -0.2) is 0 Å². The fraction of sp³-hybridized carbons (Fsp3) is 0.760. The van der Waals surface area contributed by atoms with Crippen LogP contribution in [0.4, 0.5) is 0 Å². The van der Waals surface area contributed by atoms with E-state index >= 15 is 0 Å². The zero-order chi connectivity index (χ0) is 25.1. The average Bonchev–Trinajstić information content (AvgIpc) is 3.22. The molecule has 5 fully saturated rings. The number of carboxylic acid groups (broad SMARTS) is 1. The predicted molar refractivity (Wildman–Crippen MR) is 116 cm³/mol. The molecule has 1 spiro atoms. The molecule has 10 nitrogen and oxygen atoms in total. The molecule has 4 bridgehead atoms. The summed E-state index contributed by atoms with van der Waals surface area (Å²) in [6, 6.07) is 0. The molecule has 0 aromatic rings. The van der Waals surface area contributed by atoms with Crippen molar-refractivity contribution in [2.75, 3.05) is 6.61 Å². The summed E-state index contributed by atoms with van der Waals surface area (Å²) >= 11 is 0. The molecule has 0 radical (unpaired) electrons. The van der Waals surface area contributed by atoms with Gasteiger partial charge < -0.3 is 39.7 Å². The Balaban J connectivity index is 1.38. The number of carbonyl (C=O) groups excluding carboxylic acids is 1. The lowest BCUT2D eigenvalue weighted by Crippen LogP contribution is -2.61. The fourth-order valence-electron chi connectivity index (χ4n) is 8.78. The highest BCUT2D eigenvalue weighted by molar-refractivity contribution is 5.86. The quantitative estimate of drug-likeness (QED) is 0.264. The number of rotatable bonds is 4. The van der Waals surface area contributed by atoms with Crippen LogP contribution in [-0.2, 0) is 23.8 Å². The molecule has 0 aromatic heterocycles. The van der Waals surface area contributed by atoms with E-state index in [1.54, 1.807) is 13.0 Å². The van der Waals surface area contributed by atoms with E-state index in [0.29, 0.717) is 37.7 Å². The van der Waals surface area contributed by atoms with Gasteiger partial charge in [-0.1, -0.05) is 18.7 Å². The molecule has 3 saturated carbocycles. The maximum absolute atomic E-state index is 13.0. The maximum Gasteiger partial charge on any atom is 0.316 e. The molecule has 2 saturated heterocycles. The summed E-state index contributed by atoms with van der Waals surface area (Å²) in [4.78, 5) is 25.8. The first-order valence-electron chi connectivity index (χ1n) is 12.3. The van der Waals surface area contributed by atoms with Crippen molar-refractivity contribution >= 4 is 11.9 Å². The smallest absolute Gasteiger partial charge is 0.316 e. The molecule has 6 aliphatic rings. The normalized spacial score (nSPS) is 56.0. The van der Waals surface area contributed by atoms with Crippen LogP contribution in [0.2, 0.25) is 0 Å². The molecule has 4 aliphatic carbocycles. The number of hydrogen-bond donors (Lipinski definition) is 5. The second-order valence-corrected chi connectivity index (χ2v) is 11.6. The van der Waals surface area contributed by atoms with Crippen LogP contribution in [0, 0.1) is 28.6 Å². The molecule has 6 rings (SSSR count). The Hall–Kier alpha value is -1.82. The van der Waals surface area contributed by atoms with Crippen LogP contribution in [0.25, 0.3) is 0 Å². The summed E-state index contributed by atoms with van der Waals surface area (Å²) < 4.78 is 18.0. The van der Waals surface area contributed by atoms with Gasteiger partial charge in [-0.3, -0.25) is 9.59 Å². The van der Waals surface area contributed by atoms with Gasteiger partial charge in [-0.15, -0.1) is 0 Å². The summed E-state index contributed by atoms with van der Waals surface area (Å²) in [7, 11) is 0. The minimum atomic E-state index is -1.58. The molecule has 2 heterocycles. The van der Waals surface area contributed by atoms with Gasteiger partial charge in [0.2, 0.25) is 0 Å². The van der Waals surface area contributed by atoms with E-state index in [-0.39, 0.29) is 11.9 Å². The number of carbonyl (C=O) groups is 2. The standard InChI is InChI=1S/C25H32O10/c1-11-8-23-10-24(11,34-20-17(29)16(28)15(27)12(9-26)33-20)7-4-13(23)25-6-3-5-22(2,21(32)35-25)18(25)14(23)19(30)31/h3,5,12-18,20,26-29H,1,4,6-10H2,2H3,(H,30,31)/t12-,13-,14-,15-,16+,17-,18-,20+,22-,23+,24+,25-/m1/s1. The van der Waals surface area contributed by atoms with Gasteiger partial charge in [-0.05, 0) is 43.6 Å². The topological polar surface area (TPSA) is 163 Å². The summed E-state index contributed by atoms with van der Waals surface area (Å²) in [6.45, 7) is 5.44. The molecular formula is C25H32O10. The predicted octanol–water partition coefficient (Wildman–Crippen LogP) is -0.119. The largest absolute Gasteiger partial charge is 0.481 e. The van der Waals surface area contributed by atoms with Crippen molar-refractivity contribution in [2.24, 2.45) is 28.6 Å². The van der Waals surface area contributed by atoms with Gasteiger partial charge in [-0.2, -0.15) is 0 Å². The molecule has 2 aliphatic heterocycles. The van der Waals surface area contributed by atoms with Crippen LogP contribution < -0.4 is 0 Å². The van der Waals surface area contributed by atoms with Crippen LogP contribution in [0.5, 0.6) is 0 Å². The molecule has 0 unspecified atom stereocenters. The Morgan fingerprint density at radius 2 is 2.00 bits per heavy atom. The van der Waals surface area contributed by atoms with Crippen LogP contribution in [0.15, 0.2) is 24.3 Å². The molecule has 192 valence electrons. The van der Waals surface area contributed by atoms with E-state index < -0.39 is 77.1 Å². The minimum Gasteiger partial charge on any atom is -0.481 e. The van der Waals surface area contributed by atoms with E-state index in [1.807, 2.05) is 6.08 Å². The third kappa shape index (κ3) is 2.65. The molecule has 0 aromatic carbocycles. The SMILES string of the molecule is C=C1C[C@]23C[C@@]1(O[C@@H]1O[C@H](CO)[C@@H](O)[C@H](O)[C@H]1O)CC[C@H]2[C@@]12CC=C[C@@](C)(C(=O)O1)[C@H]2[C@@H]3C(=O)O. The van der Waals surface area contributed by atoms with Crippen molar-refractivity contribution in [3.63, 3.8) is 0 Å². The van der Waals surface area contributed by atoms with Crippen molar-refractivity contribution in [1.29, 1.82) is 0 Å². The lowest BCUT2D eigenvalue weighted by molar-refractivity contribution is -0.326. The third-order valence-electron chi connectivity index (χ3n) is 10.1. The van der Waals surface area contributed by atoms with Gasteiger partial charge in [0.1, 0.15) is 30.0 Å². The molecular weight excluding hydrogens is 460 g/mol. The van der Waals surface area contributed by atoms with Gasteiger partial charge in [0.05, 0.1) is 23.5 Å². The molecule has 5 N–H and O–H groups in total. The van der Waals surface area contributed by atoms with E-state index in [4.69, 9.17) is 14.2 Å². The zero-order valence-electron chi connectivity index (χ0n) is 19.5. The van der Waals surface area contributed by atoms with Gasteiger partial charge in [0.25, 0.3) is 0 Å². The highest BCUT2D eigenvalue weighted by Crippen LogP contribution is 2.78. The van der Waals surface area contributed by atoms with Gasteiger partial charge in [0, 0.05) is 18.3 Å². The van der Waals surface area contributed by atoms with Crippen LogP contribution >= 0.6 is 0 Å². The van der Waals surface area contributed by atoms with E-state index in [1.165, 1.54) is 0 Å².